The van der Waals surface area contributed by atoms with Crippen LogP contribution in [0.15, 0.2) is 12.3 Å². The van der Waals surface area contributed by atoms with Crippen molar-refractivity contribution in [3.8, 4) is 0 Å². The second-order valence-electron chi connectivity index (χ2n) is 8.62. The minimum Gasteiger partial charge on any atom is -0.354 e. The van der Waals surface area contributed by atoms with Gasteiger partial charge in [0.2, 0.25) is 11.8 Å². The monoisotopic (exact) mass is 361 g/mol. The van der Waals surface area contributed by atoms with Crippen molar-refractivity contribution in [3.05, 3.63) is 12.3 Å². The maximum atomic E-state index is 13.3. The van der Waals surface area contributed by atoms with Gasteiger partial charge in [-0.25, -0.2) is 0 Å². The van der Waals surface area contributed by atoms with Crippen LogP contribution in [0, 0.1) is 5.41 Å². The maximum absolute atomic E-state index is 13.3. The molecule has 2 amide bonds. The van der Waals surface area contributed by atoms with Gasteiger partial charge in [0, 0.05) is 50.9 Å². The van der Waals surface area contributed by atoms with Gasteiger partial charge in [0.1, 0.15) is 11.4 Å². The smallest absolute Gasteiger partial charge is 0.248 e. The quantitative estimate of drug-likeness (QED) is 0.892. The first kappa shape index (κ1) is 18.7. The molecular formula is C19H31N5O2. The first-order valence-corrected chi connectivity index (χ1v) is 9.58. The summed E-state index contributed by atoms with van der Waals surface area (Å²) in [7, 11) is 1.87. The van der Waals surface area contributed by atoms with Crippen molar-refractivity contribution in [2.45, 2.75) is 52.0 Å². The summed E-state index contributed by atoms with van der Waals surface area (Å²) in [5, 5.41) is 7.84. The predicted octanol–water partition coefficient (Wildman–Crippen LogP) is 1.86. The number of likely N-dealkylation sites (tertiary alicyclic amines) is 2. The Balaban J connectivity index is 1.78. The van der Waals surface area contributed by atoms with E-state index in [1.807, 2.05) is 49.9 Å². The van der Waals surface area contributed by atoms with E-state index in [2.05, 4.69) is 10.4 Å². The van der Waals surface area contributed by atoms with Crippen LogP contribution in [0.2, 0.25) is 0 Å². The molecule has 2 saturated heterocycles. The molecule has 0 saturated carbocycles. The molecule has 7 heteroatoms. The molecule has 0 atom stereocenters. The number of piperidine rings is 1. The SMILES string of the molecule is Cn1ccc(NC2(C(=O)N3CCCC3)CCN(C(=O)C(C)(C)C)CC2)n1. The molecule has 1 aromatic heterocycles. The highest BCUT2D eigenvalue weighted by Crippen LogP contribution is 2.32. The molecule has 3 heterocycles. The van der Waals surface area contributed by atoms with E-state index in [1.54, 1.807) is 4.68 Å². The van der Waals surface area contributed by atoms with Crippen molar-refractivity contribution < 1.29 is 9.59 Å². The molecule has 0 spiro atoms. The first-order chi connectivity index (χ1) is 12.2. The Hall–Kier alpha value is -2.05. The summed E-state index contributed by atoms with van der Waals surface area (Å²) in [6.07, 6.45) is 5.23. The van der Waals surface area contributed by atoms with Gasteiger partial charge in [0.05, 0.1) is 0 Å². The first-order valence-electron chi connectivity index (χ1n) is 9.58. The van der Waals surface area contributed by atoms with Gasteiger partial charge in [0.15, 0.2) is 0 Å². The molecule has 1 aromatic rings. The van der Waals surface area contributed by atoms with E-state index in [9.17, 15) is 9.59 Å². The van der Waals surface area contributed by atoms with E-state index in [0.717, 1.165) is 31.7 Å². The number of nitrogens with zero attached hydrogens (tertiary/aromatic N) is 4. The lowest BCUT2D eigenvalue weighted by Gasteiger charge is -2.44. The lowest BCUT2D eigenvalue weighted by atomic mass is 9.84. The highest BCUT2D eigenvalue weighted by molar-refractivity contribution is 5.90. The Labute approximate surface area is 155 Å². The van der Waals surface area contributed by atoms with Crippen LogP contribution < -0.4 is 5.32 Å². The molecule has 144 valence electrons. The fourth-order valence-electron chi connectivity index (χ4n) is 3.91. The van der Waals surface area contributed by atoms with E-state index < -0.39 is 11.0 Å². The average molecular weight is 361 g/mol. The van der Waals surface area contributed by atoms with Crippen LogP contribution in [0.5, 0.6) is 0 Å². The lowest BCUT2D eigenvalue weighted by Crippen LogP contribution is -2.60. The topological polar surface area (TPSA) is 70.5 Å². The van der Waals surface area contributed by atoms with Gasteiger partial charge in [-0.15, -0.1) is 0 Å². The largest absolute Gasteiger partial charge is 0.354 e. The number of aromatic nitrogens is 2. The highest BCUT2D eigenvalue weighted by Gasteiger charge is 2.46. The van der Waals surface area contributed by atoms with Gasteiger partial charge in [-0.2, -0.15) is 5.10 Å². The number of rotatable bonds is 3. The van der Waals surface area contributed by atoms with Gasteiger partial charge in [-0.05, 0) is 25.7 Å². The fraction of sp³-hybridized carbons (Fsp3) is 0.737. The Bertz CT molecular complexity index is 662. The number of anilines is 1. The molecule has 7 nitrogen and oxygen atoms in total. The Morgan fingerprint density at radius 2 is 1.69 bits per heavy atom. The molecule has 2 fully saturated rings. The molecule has 0 unspecified atom stereocenters. The standard InChI is InChI=1S/C19H31N5O2/c1-18(2,3)16(25)24-13-8-19(9-14-24,17(26)23-10-5-6-11-23)20-15-7-12-22(4)21-15/h7,12H,5-6,8-11,13-14H2,1-4H3,(H,20,21). The molecule has 0 bridgehead atoms. The number of carbonyl (C=O) groups is 2. The van der Waals surface area contributed by atoms with Crippen molar-refractivity contribution in [2.75, 3.05) is 31.5 Å². The summed E-state index contributed by atoms with van der Waals surface area (Å²) in [4.78, 5) is 29.8. The molecule has 1 N–H and O–H groups in total. The van der Waals surface area contributed by atoms with E-state index in [0.29, 0.717) is 25.9 Å². The molecule has 26 heavy (non-hydrogen) atoms. The summed E-state index contributed by atoms with van der Waals surface area (Å²) < 4.78 is 1.73. The van der Waals surface area contributed by atoms with Crippen molar-refractivity contribution >= 4 is 17.6 Å². The third-order valence-corrected chi connectivity index (χ3v) is 5.43. The minimum absolute atomic E-state index is 0.151. The molecule has 3 rings (SSSR count). The Kier molecular flexibility index (Phi) is 4.99. The summed E-state index contributed by atoms with van der Waals surface area (Å²) in [6, 6.07) is 1.89. The van der Waals surface area contributed by atoms with Crippen molar-refractivity contribution in [1.29, 1.82) is 0 Å². The second-order valence-corrected chi connectivity index (χ2v) is 8.62. The van der Waals surface area contributed by atoms with Gasteiger partial charge in [-0.1, -0.05) is 20.8 Å². The normalized spacial score (nSPS) is 20.3. The van der Waals surface area contributed by atoms with Crippen LogP contribution in [-0.2, 0) is 16.6 Å². The Morgan fingerprint density at radius 3 is 2.19 bits per heavy atom. The van der Waals surface area contributed by atoms with Crippen LogP contribution in [0.25, 0.3) is 0 Å². The number of hydrogen-bond donors (Lipinski definition) is 1. The zero-order chi connectivity index (χ0) is 18.9. The summed E-state index contributed by atoms with van der Waals surface area (Å²) in [6.45, 7) is 8.67. The zero-order valence-electron chi connectivity index (χ0n) is 16.4. The van der Waals surface area contributed by atoms with E-state index in [4.69, 9.17) is 0 Å². The van der Waals surface area contributed by atoms with Crippen LogP contribution >= 0.6 is 0 Å². The van der Waals surface area contributed by atoms with Crippen molar-refractivity contribution in [1.82, 2.24) is 19.6 Å². The molecule has 0 aliphatic carbocycles. The molecule has 0 radical (unpaired) electrons. The van der Waals surface area contributed by atoms with Gasteiger partial charge in [-0.3, -0.25) is 14.3 Å². The average Bonchev–Trinajstić information content (AvgIpc) is 3.25. The van der Waals surface area contributed by atoms with Crippen LogP contribution in [0.4, 0.5) is 5.82 Å². The third kappa shape index (κ3) is 3.71. The predicted molar refractivity (Wildman–Crippen MR) is 101 cm³/mol. The molecule has 0 aromatic carbocycles. The summed E-state index contributed by atoms with van der Waals surface area (Å²) in [5.41, 5.74) is -1.07. The van der Waals surface area contributed by atoms with E-state index in [1.165, 1.54) is 0 Å². The van der Waals surface area contributed by atoms with Gasteiger partial charge < -0.3 is 15.1 Å². The second kappa shape index (κ2) is 6.93. The van der Waals surface area contributed by atoms with Gasteiger partial charge in [0.25, 0.3) is 0 Å². The summed E-state index contributed by atoms with van der Waals surface area (Å²) >= 11 is 0. The van der Waals surface area contributed by atoms with Gasteiger partial charge >= 0.3 is 0 Å². The lowest BCUT2D eigenvalue weighted by molar-refractivity contribution is -0.145. The molecular weight excluding hydrogens is 330 g/mol. The maximum Gasteiger partial charge on any atom is 0.248 e. The fourth-order valence-corrected chi connectivity index (χ4v) is 3.91. The van der Waals surface area contributed by atoms with Crippen molar-refractivity contribution in [3.63, 3.8) is 0 Å². The number of aryl methyl sites for hydroxylation is 1. The minimum atomic E-state index is -0.673. The van der Waals surface area contributed by atoms with Crippen molar-refractivity contribution in [2.24, 2.45) is 12.5 Å². The zero-order valence-corrected chi connectivity index (χ0v) is 16.4. The van der Waals surface area contributed by atoms with Crippen LogP contribution in [0.1, 0.15) is 46.5 Å². The number of hydrogen-bond acceptors (Lipinski definition) is 4. The van der Waals surface area contributed by atoms with Crippen LogP contribution in [0.3, 0.4) is 0 Å². The molecule has 2 aliphatic rings. The third-order valence-electron chi connectivity index (χ3n) is 5.43. The number of amides is 2. The van der Waals surface area contributed by atoms with E-state index >= 15 is 0 Å². The highest BCUT2D eigenvalue weighted by atomic mass is 16.2. The molecule has 2 aliphatic heterocycles. The summed E-state index contributed by atoms with van der Waals surface area (Å²) in [5.74, 6) is 1.02. The number of nitrogens with one attached hydrogen (secondary N) is 1. The van der Waals surface area contributed by atoms with Crippen LogP contribution in [-0.4, -0.2) is 63.1 Å². The van der Waals surface area contributed by atoms with E-state index in [-0.39, 0.29) is 11.8 Å². The number of carbonyl (C=O) groups excluding carboxylic acids is 2. The Morgan fingerprint density at radius 1 is 1.08 bits per heavy atom.